The summed E-state index contributed by atoms with van der Waals surface area (Å²) in [6.45, 7) is 0.127. The molecule has 0 atom stereocenters. The molecule has 98 valence electrons. The van der Waals surface area contributed by atoms with Crippen LogP contribution in [0.15, 0.2) is 12.3 Å². The van der Waals surface area contributed by atoms with Gasteiger partial charge in [0.15, 0.2) is 0 Å². The molecule has 8 heteroatoms. The van der Waals surface area contributed by atoms with Crippen molar-refractivity contribution in [3.63, 3.8) is 0 Å². The fourth-order valence-electron chi connectivity index (χ4n) is 1.88. The van der Waals surface area contributed by atoms with Crippen molar-refractivity contribution in [2.45, 2.75) is 18.8 Å². The number of nitro groups is 1. The van der Waals surface area contributed by atoms with E-state index >= 15 is 0 Å². The van der Waals surface area contributed by atoms with Gasteiger partial charge in [-0.05, 0) is 0 Å². The van der Waals surface area contributed by atoms with Crippen LogP contribution in [0.2, 0.25) is 5.15 Å². The standard InChI is InChI=1S/C10H10ClF2N3O2/c11-9-5-7(8(6-14-9)16(17)18)15-3-1-10(12,13)2-4-15/h5-6H,1-4H2. The van der Waals surface area contributed by atoms with E-state index in [9.17, 15) is 18.9 Å². The Labute approximate surface area is 107 Å². The van der Waals surface area contributed by atoms with Crippen LogP contribution in [0.4, 0.5) is 20.2 Å². The number of nitrogens with zero attached hydrogens (tertiary/aromatic N) is 3. The first-order valence-electron chi connectivity index (χ1n) is 5.32. The number of halogens is 3. The normalized spacial score (nSPS) is 18.7. The van der Waals surface area contributed by atoms with Gasteiger partial charge >= 0.3 is 5.69 Å². The number of aromatic nitrogens is 1. The minimum absolute atomic E-state index is 0.0637. The Morgan fingerprint density at radius 1 is 1.44 bits per heavy atom. The Morgan fingerprint density at radius 3 is 2.61 bits per heavy atom. The van der Waals surface area contributed by atoms with Crippen LogP contribution < -0.4 is 4.90 Å². The monoisotopic (exact) mass is 277 g/mol. The van der Waals surface area contributed by atoms with Gasteiger partial charge in [-0.2, -0.15) is 0 Å². The summed E-state index contributed by atoms with van der Waals surface area (Å²) < 4.78 is 26.1. The zero-order valence-electron chi connectivity index (χ0n) is 9.28. The lowest BCUT2D eigenvalue weighted by Gasteiger charge is -2.32. The van der Waals surface area contributed by atoms with Crippen molar-refractivity contribution < 1.29 is 13.7 Å². The van der Waals surface area contributed by atoms with E-state index in [-0.39, 0.29) is 42.5 Å². The van der Waals surface area contributed by atoms with Crippen molar-refractivity contribution in [1.82, 2.24) is 4.98 Å². The highest BCUT2D eigenvalue weighted by Crippen LogP contribution is 2.35. The molecule has 0 unspecified atom stereocenters. The van der Waals surface area contributed by atoms with Gasteiger partial charge in [-0.1, -0.05) is 11.6 Å². The molecule has 5 nitrogen and oxygen atoms in total. The maximum Gasteiger partial charge on any atom is 0.310 e. The number of hydrogen-bond donors (Lipinski definition) is 0. The van der Waals surface area contributed by atoms with E-state index in [2.05, 4.69) is 4.98 Å². The molecule has 18 heavy (non-hydrogen) atoms. The number of alkyl halides is 2. The summed E-state index contributed by atoms with van der Waals surface area (Å²) >= 11 is 5.69. The first-order valence-corrected chi connectivity index (χ1v) is 5.69. The summed E-state index contributed by atoms with van der Waals surface area (Å²) in [6.07, 6.45) is 0.415. The highest BCUT2D eigenvalue weighted by atomic mass is 35.5. The van der Waals surface area contributed by atoms with Gasteiger partial charge in [0.25, 0.3) is 5.92 Å². The summed E-state index contributed by atoms with van der Waals surface area (Å²) in [5.41, 5.74) is 0.0279. The number of rotatable bonds is 2. The van der Waals surface area contributed by atoms with Gasteiger partial charge in [-0.15, -0.1) is 0 Å². The summed E-state index contributed by atoms with van der Waals surface area (Å²) in [5, 5.41) is 11.0. The second-order valence-corrected chi connectivity index (χ2v) is 4.48. The Kier molecular flexibility index (Phi) is 3.34. The first kappa shape index (κ1) is 12.9. The predicted molar refractivity (Wildman–Crippen MR) is 62.3 cm³/mol. The maximum atomic E-state index is 13.0. The minimum Gasteiger partial charge on any atom is -0.365 e. The van der Waals surface area contributed by atoms with Crippen molar-refractivity contribution >= 4 is 23.0 Å². The second-order valence-electron chi connectivity index (χ2n) is 4.10. The molecular weight excluding hydrogens is 268 g/mol. The zero-order chi connectivity index (χ0) is 13.3. The molecule has 0 amide bonds. The topological polar surface area (TPSA) is 59.3 Å². The molecule has 2 rings (SSSR count). The van der Waals surface area contributed by atoms with Crippen LogP contribution in [-0.2, 0) is 0 Å². The van der Waals surface area contributed by atoms with E-state index in [0.29, 0.717) is 0 Å². The molecule has 1 aliphatic heterocycles. The first-order chi connectivity index (χ1) is 8.39. The van der Waals surface area contributed by atoms with E-state index in [1.54, 1.807) is 4.90 Å². The highest BCUT2D eigenvalue weighted by Gasteiger charge is 2.35. The molecule has 0 spiro atoms. The molecule has 0 radical (unpaired) electrons. The van der Waals surface area contributed by atoms with Crippen molar-refractivity contribution in [2.24, 2.45) is 0 Å². The van der Waals surface area contributed by atoms with Crippen molar-refractivity contribution in [2.75, 3.05) is 18.0 Å². The molecular formula is C10H10ClF2N3O2. The van der Waals surface area contributed by atoms with Crippen molar-refractivity contribution in [3.8, 4) is 0 Å². The highest BCUT2D eigenvalue weighted by molar-refractivity contribution is 6.29. The van der Waals surface area contributed by atoms with Crippen molar-refractivity contribution in [1.29, 1.82) is 0 Å². The van der Waals surface area contributed by atoms with Crippen LogP contribution in [0.25, 0.3) is 0 Å². The molecule has 1 aromatic rings. The SMILES string of the molecule is O=[N+]([O-])c1cnc(Cl)cc1N1CCC(F)(F)CC1. The van der Waals surface area contributed by atoms with Gasteiger partial charge in [0.2, 0.25) is 0 Å². The maximum absolute atomic E-state index is 13.0. The lowest BCUT2D eigenvalue weighted by molar-refractivity contribution is -0.384. The van der Waals surface area contributed by atoms with Gasteiger partial charge < -0.3 is 4.90 Å². The molecule has 1 saturated heterocycles. The molecule has 0 bridgehead atoms. The third-order valence-corrected chi connectivity index (χ3v) is 3.07. The molecule has 0 N–H and O–H groups in total. The number of pyridine rings is 1. The van der Waals surface area contributed by atoms with E-state index in [0.717, 1.165) is 6.20 Å². The lowest BCUT2D eigenvalue weighted by atomic mass is 10.1. The van der Waals surface area contributed by atoms with Crippen LogP contribution in [0, 0.1) is 10.1 Å². The third kappa shape index (κ3) is 2.66. The number of anilines is 1. The van der Waals surface area contributed by atoms with Crippen molar-refractivity contribution in [3.05, 3.63) is 27.5 Å². The minimum atomic E-state index is -2.69. The molecule has 1 aliphatic rings. The molecule has 0 aromatic carbocycles. The van der Waals surface area contributed by atoms with Crippen LogP contribution in [0.3, 0.4) is 0 Å². The second kappa shape index (κ2) is 4.64. The van der Waals surface area contributed by atoms with E-state index < -0.39 is 10.8 Å². The lowest BCUT2D eigenvalue weighted by Crippen LogP contribution is -2.39. The number of hydrogen-bond acceptors (Lipinski definition) is 4. The average Bonchev–Trinajstić information content (AvgIpc) is 2.28. The summed E-state index contributed by atoms with van der Waals surface area (Å²) in [5.74, 6) is -2.69. The fourth-order valence-corrected chi connectivity index (χ4v) is 2.03. The largest absolute Gasteiger partial charge is 0.365 e. The molecule has 1 aromatic heterocycles. The summed E-state index contributed by atoms with van der Waals surface area (Å²) in [6, 6.07) is 1.34. The summed E-state index contributed by atoms with van der Waals surface area (Å²) in [4.78, 5) is 15.4. The third-order valence-electron chi connectivity index (χ3n) is 2.86. The molecule has 2 heterocycles. The van der Waals surface area contributed by atoms with Crippen LogP contribution in [0.1, 0.15) is 12.8 Å². The van der Waals surface area contributed by atoms with Crippen LogP contribution in [-0.4, -0.2) is 28.9 Å². The average molecular weight is 278 g/mol. The molecule has 1 fully saturated rings. The molecule has 0 aliphatic carbocycles. The van der Waals surface area contributed by atoms with Gasteiger partial charge in [-0.25, -0.2) is 13.8 Å². The Hall–Kier alpha value is -1.50. The smallest absolute Gasteiger partial charge is 0.310 e. The van der Waals surface area contributed by atoms with Gasteiger partial charge in [-0.3, -0.25) is 10.1 Å². The number of piperidine rings is 1. The van der Waals surface area contributed by atoms with E-state index in [1.165, 1.54) is 6.07 Å². The fraction of sp³-hybridized carbons (Fsp3) is 0.500. The Bertz CT molecular complexity index is 474. The summed E-state index contributed by atoms with van der Waals surface area (Å²) in [7, 11) is 0. The van der Waals surface area contributed by atoms with E-state index in [1.807, 2.05) is 0 Å². The molecule has 0 saturated carbocycles. The Balaban J connectivity index is 2.28. The predicted octanol–water partition coefficient (Wildman–Crippen LogP) is 2.88. The van der Waals surface area contributed by atoms with Crippen LogP contribution >= 0.6 is 11.6 Å². The van der Waals surface area contributed by atoms with Gasteiger partial charge in [0.1, 0.15) is 17.0 Å². The van der Waals surface area contributed by atoms with Crippen LogP contribution in [0.5, 0.6) is 0 Å². The quantitative estimate of drug-likeness (QED) is 0.474. The van der Waals surface area contributed by atoms with E-state index in [4.69, 9.17) is 11.6 Å². The van der Waals surface area contributed by atoms with Gasteiger partial charge in [0.05, 0.1) is 4.92 Å². The Morgan fingerprint density at radius 2 is 2.06 bits per heavy atom. The van der Waals surface area contributed by atoms with Gasteiger partial charge in [0, 0.05) is 32.0 Å². The zero-order valence-corrected chi connectivity index (χ0v) is 10.0.